The lowest BCUT2D eigenvalue weighted by molar-refractivity contribution is -0.121. The number of morpholine rings is 1. The van der Waals surface area contributed by atoms with Gasteiger partial charge in [-0.05, 0) is 36.2 Å². The van der Waals surface area contributed by atoms with Crippen LogP contribution in [0.25, 0.3) is 0 Å². The van der Waals surface area contributed by atoms with Gasteiger partial charge in [-0.1, -0.05) is 41.4 Å². The quantitative estimate of drug-likeness (QED) is 0.498. The molecule has 1 heterocycles. The van der Waals surface area contributed by atoms with Crippen LogP contribution in [0, 0.1) is 0 Å². The molecular formula is C20H21Cl2N3O4S. The minimum absolute atomic E-state index is 0.210. The molecule has 0 unspecified atom stereocenters. The molecule has 0 spiro atoms. The van der Waals surface area contributed by atoms with Crippen molar-refractivity contribution in [2.45, 2.75) is 17.7 Å². The third kappa shape index (κ3) is 6.02. The summed E-state index contributed by atoms with van der Waals surface area (Å²) in [6.07, 6.45) is 2.12. The van der Waals surface area contributed by atoms with E-state index in [0.717, 1.165) is 5.56 Å². The maximum Gasteiger partial charge on any atom is 0.243 e. The van der Waals surface area contributed by atoms with Gasteiger partial charge in [0.1, 0.15) is 0 Å². The summed E-state index contributed by atoms with van der Waals surface area (Å²) in [5.74, 6) is -0.263. The monoisotopic (exact) mass is 469 g/mol. The molecule has 1 aliphatic rings. The summed E-state index contributed by atoms with van der Waals surface area (Å²) in [5.41, 5.74) is 3.94. The Hall–Kier alpha value is -1.97. The fraction of sp³-hybridized carbons (Fsp3) is 0.300. The summed E-state index contributed by atoms with van der Waals surface area (Å²) >= 11 is 11.9. The van der Waals surface area contributed by atoms with E-state index in [9.17, 15) is 13.2 Å². The highest BCUT2D eigenvalue weighted by Crippen LogP contribution is 2.20. The second kappa shape index (κ2) is 10.4. The second-order valence-electron chi connectivity index (χ2n) is 6.62. The molecule has 2 aromatic rings. The first kappa shape index (κ1) is 22.7. The topological polar surface area (TPSA) is 88.1 Å². The zero-order chi connectivity index (χ0) is 21.6. The molecule has 0 bridgehead atoms. The summed E-state index contributed by atoms with van der Waals surface area (Å²) in [4.78, 5) is 12.2. The van der Waals surface area contributed by atoms with E-state index in [-0.39, 0.29) is 17.2 Å². The number of hydrogen-bond acceptors (Lipinski definition) is 5. The molecule has 10 heteroatoms. The van der Waals surface area contributed by atoms with E-state index in [1.807, 2.05) is 0 Å². The van der Waals surface area contributed by atoms with Crippen LogP contribution >= 0.6 is 23.2 Å². The van der Waals surface area contributed by atoms with Crippen LogP contribution in [0.15, 0.2) is 52.5 Å². The fourth-order valence-corrected chi connectivity index (χ4v) is 4.72. The molecule has 1 saturated heterocycles. The molecule has 30 heavy (non-hydrogen) atoms. The van der Waals surface area contributed by atoms with Crippen LogP contribution in [0.4, 0.5) is 0 Å². The van der Waals surface area contributed by atoms with E-state index in [4.69, 9.17) is 27.9 Å². The molecular weight excluding hydrogens is 449 g/mol. The molecule has 0 atom stereocenters. The summed E-state index contributed by atoms with van der Waals surface area (Å²) in [7, 11) is -3.52. The Labute approximate surface area is 185 Å². The van der Waals surface area contributed by atoms with Crippen molar-refractivity contribution in [3.63, 3.8) is 0 Å². The van der Waals surface area contributed by atoms with E-state index >= 15 is 0 Å². The number of nitrogens with zero attached hydrogens (tertiary/aromatic N) is 2. The number of rotatable bonds is 7. The normalized spacial score (nSPS) is 15.4. The zero-order valence-electron chi connectivity index (χ0n) is 16.1. The molecule has 7 nitrogen and oxygen atoms in total. The first-order chi connectivity index (χ1) is 14.4. The predicted molar refractivity (Wildman–Crippen MR) is 117 cm³/mol. The van der Waals surface area contributed by atoms with Gasteiger partial charge in [0.25, 0.3) is 0 Å². The van der Waals surface area contributed by atoms with Gasteiger partial charge in [0.2, 0.25) is 15.9 Å². The molecule has 0 aliphatic carbocycles. The number of ether oxygens (including phenoxy) is 1. The number of aryl methyl sites for hydroxylation is 1. The number of halogens is 2. The number of hydrogen-bond donors (Lipinski definition) is 1. The molecule has 160 valence electrons. The highest BCUT2D eigenvalue weighted by molar-refractivity contribution is 7.89. The number of amides is 1. The Morgan fingerprint density at radius 3 is 2.50 bits per heavy atom. The van der Waals surface area contributed by atoms with Gasteiger partial charge in [-0.15, -0.1) is 0 Å². The first-order valence-electron chi connectivity index (χ1n) is 9.30. The molecule has 2 aromatic carbocycles. The maximum absolute atomic E-state index is 12.6. The lowest BCUT2D eigenvalue weighted by atomic mass is 10.1. The van der Waals surface area contributed by atoms with Crippen LogP contribution in [0.2, 0.25) is 10.0 Å². The van der Waals surface area contributed by atoms with Crippen LogP contribution in [0.3, 0.4) is 0 Å². The van der Waals surface area contributed by atoms with Gasteiger partial charge in [0.15, 0.2) is 0 Å². The Morgan fingerprint density at radius 1 is 1.13 bits per heavy atom. The van der Waals surface area contributed by atoms with Crippen molar-refractivity contribution in [3.05, 3.63) is 63.6 Å². The smallest absolute Gasteiger partial charge is 0.243 e. The third-order valence-corrected chi connectivity index (χ3v) is 7.00. The van der Waals surface area contributed by atoms with Crippen LogP contribution in [0.1, 0.15) is 17.5 Å². The van der Waals surface area contributed by atoms with Crippen molar-refractivity contribution >= 4 is 45.3 Å². The molecule has 3 rings (SSSR count). The van der Waals surface area contributed by atoms with Crippen LogP contribution in [-0.2, 0) is 26.0 Å². The predicted octanol–water partition coefficient (Wildman–Crippen LogP) is 3.10. The molecule has 1 fully saturated rings. The Bertz CT molecular complexity index is 1020. The van der Waals surface area contributed by atoms with Crippen LogP contribution < -0.4 is 5.43 Å². The highest BCUT2D eigenvalue weighted by atomic mass is 35.5. The minimum Gasteiger partial charge on any atom is -0.379 e. The van der Waals surface area contributed by atoms with Gasteiger partial charge in [-0.25, -0.2) is 13.8 Å². The maximum atomic E-state index is 12.6. The molecule has 1 amide bonds. The third-order valence-electron chi connectivity index (χ3n) is 4.53. The van der Waals surface area contributed by atoms with E-state index < -0.39 is 10.0 Å². The lowest BCUT2D eigenvalue weighted by Gasteiger charge is -2.26. The number of carbonyl (C=O) groups is 1. The minimum atomic E-state index is -3.52. The summed E-state index contributed by atoms with van der Waals surface area (Å²) in [5, 5.41) is 4.85. The van der Waals surface area contributed by atoms with Crippen molar-refractivity contribution in [2.24, 2.45) is 5.10 Å². The van der Waals surface area contributed by atoms with Crippen molar-refractivity contribution in [1.29, 1.82) is 0 Å². The van der Waals surface area contributed by atoms with Crippen molar-refractivity contribution in [2.75, 3.05) is 26.3 Å². The number of hydrazone groups is 1. The van der Waals surface area contributed by atoms with Gasteiger partial charge < -0.3 is 4.74 Å². The van der Waals surface area contributed by atoms with Crippen molar-refractivity contribution in [1.82, 2.24) is 9.73 Å². The van der Waals surface area contributed by atoms with Gasteiger partial charge in [0, 0.05) is 30.1 Å². The molecule has 0 saturated carbocycles. The molecule has 1 N–H and O–H groups in total. The molecule has 0 radical (unpaired) electrons. The molecule has 1 aliphatic heterocycles. The zero-order valence-corrected chi connectivity index (χ0v) is 18.4. The molecule has 0 aromatic heterocycles. The fourth-order valence-electron chi connectivity index (χ4n) is 2.86. The van der Waals surface area contributed by atoms with E-state index in [1.165, 1.54) is 10.5 Å². The lowest BCUT2D eigenvalue weighted by Crippen LogP contribution is -2.40. The Balaban J connectivity index is 1.50. The van der Waals surface area contributed by atoms with Gasteiger partial charge >= 0.3 is 0 Å². The number of carbonyl (C=O) groups excluding carboxylic acids is 1. The van der Waals surface area contributed by atoms with Crippen molar-refractivity contribution in [3.8, 4) is 0 Å². The van der Waals surface area contributed by atoms with E-state index in [0.29, 0.717) is 48.3 Å². The van der Waals surface area contributed by atoms with E-state index in [2.05, 4.69) is 10.5 Å². The Morgan fingerprint density at radius 2 is 1.83 bits per heavy atom. The summed E-state index contributed by atoms with van der Waals surface area (Å²) in [6, 6.07) is 11.5. The van der Waals surface area contributed by atoms with Gasteiger partial charge in [-0.2, -0.15) is 9.41 Å². The Kier molecular flexibility index (Phi) is 7.85. The average Bonchev–Trinajstić information content (AvgIpc) is 2.75. The van der Waals surface area contributed by atoms with Crippen molar-refractivity contribution < 1.29 is 17.9 Å². The second-order valence-corrected chi connectivity index (χ2v) is 9.40. The van der Waals surface area contributed by atoms with Gasteiger partial charge in [0.05, 0.1) is 29.3 Å². The standard InChI is InChI=1S/C20H21Cl2N3O4S/c21-17-5-4-16(19(22)13-17)14-23-24-20(26)8-3-15-1-6-18(7-2-15)30(27,28)25-9-11-29-12-10-25/h1-2,4-7,13-14H,3,8-12H2,(H,24,26)/b23-14+. The number of benzene rings is 2. The summed E-state index contributed by atoms with van der Waals surface area (Å²) in [6.45, 7) is 1.51. The largest absolute Gasteiger partial charge is 0.379 e. The van der Waals surface area contributed by atoms with Gasteiger partial charge in [-0.3, -0.25) is 4.79 Å². The SMILES string of the molecule is O=C(CCc1ccc(S(=O)(=O)N2CCOCC2)cc1)N/N=C/c1ccc(Cl)cc1Cl. The highest BCUT2D eigenvalue weighted by Gasteiger charge is 2.26. The summed E-state index contributed by atoms with van der Waals surface area (Å²) < 4.78 is 31.9. The first-order valence-corrected chi connectivity index (χ1v) is 11.5. The van der Waals surface area contributed by atoms with Crippen LogP contribution in [-0.4, -0.2) is 51.1 Å². The van der Waals surface area contributed by atoms with Crippen LogP contribution in [0.5, 0.6) is 0 Å². The number of nitrogens with one attached hydrogen (secondary N) is 1. The number of sulfonamides is 1. The van der Waals surface area contributed by atoms with E-state index in [1.54, 1.807) is 42.5 Å². The average molecular weight is 470 g/mol.